The number of rotatable bonds is 3. The van der Waals surface area contributed by atoms with Gasteiger partial charge in [-0.2, -0.15) is 4.98 Å². The molecule has 0 aliphatic carbocycles. The summed E-state index contributed by atoms with van der Waals surface area (Å²) in [4.78, 5) is 8.35. The van der Waals surface area contributed by atoms with Crippen molar-refractivity contribution in [3.05, 3.63) is 17.6 Å². The van der Waals surface area contributed by atoms with Gasteiger partial charge in [-0.3, -0.25) is 0 Å². The molecule has 1 aromatic heterocycles. The van der Waals surface area contributed by atoms with Gasteiger partial charge in [0.15, 0.2) is 0 Å². The molecule has 76 valence electrons. The Morgan fingerprint density at radius 3 is 2.86 bits per heavy atom. The molecule has 1 aromatic rings. The summed E-state index contributed by atoms with van der Waals surface area (Å²) in [5, 5.41) is 0. The van der Waals surface area contributed by atoms with E-state index in [1.54, 1.807) is 0 Å². The van der Waals surface area contributed by atoms with E-state index in [1.807, 2.05) is 19.9 Å². The van der Waals surface area contributed by atoms with Crippen LogP contribution in [0.3, 0.4) is 0 Å². The van der Waals surface area contributed by atoms with Crippen molar-refractivity contribution in [2.75, 3.05) is 13.2 Å². The number of aromatic nitrogens is 2. The Bertz CT molecular complexity index is 304. The molecule has 1 aliphatic heterocycles. The van der Waals surface area contributed by atoms with Crippen molar-refractivity contribution >= 4 is 0 Å². The molecule has 1 aliphatic rings. The summed E-state index contributed by atoms with van der Waals surface area (Å²) >= 11 is 0. The van der Waals surface area contributed by atoms with Gasteiger partial charge in [-0.05, 0) is 13.8 Å². The van der Waals surface area contributed by atoms with Gasteiger partial charge < -0.3 is 9.47 Å². The Balaban J connectivity index is 1.94. The van der Waals surface area contributed by atoms with Crippen molar-refractivity contribution in [1.29, 1.82) is 0 Å². The van der Waals surface area contributed by atoms with Gasteiger partial charge in [-0.15, -0.1) is 0 Å². The minimum absolute atomic E-state index is 0.255. The molecular formula is C10H14N2O2. The first-order valence-electron chi connectivity index (χ1n) is 4.81. The molecule has 2 heterocycles. The Hall–Kier alpha value is -1.16. The molecule has 0 saturated carbocycles. The summed E-state index contributed by atoms with van der Waals surface area (Å²) in [6, 6.07) is 1.84. The zero-order valence-corrected chi connectivity index (χ0v) is 8.49. The molecule has 0 spiro atoms. The first-order valence-corrected chi connectivity index (χ1v) is 4.81. The van der Waals surface area contributed by atoms with Crippen LogP contribution in [0.25, 0.3) is 0 Å². The zero-order chi connectivity index (χ0) is 9.97. The highest BCUT2D eigenvalue weighted by molar-refractivity contribution is 5.14. The molecule has 0 amide bonds. The third-order valence-corrected chi connectivity index (χ3v) is 2.15. The summed E-state index contributed by atoms with van der Waals surface area (Å²) in [5.74, 6) is 1.39. The normalized spacial score (nSPS) is 20.3. The van der Waals surface area contributed by atoms with E-state index in [2.05, 4.69) is 9.97 Å². The van der Waals surface area contributed by atoms with Crippen LogP contribution in [-0.2, 0) is 4.74 Å². The van der Waals surface area contributed by atoms with E-state index in [-0.39, 0.29) is 6.10 Å². The Labute approximate surface area is 83.3 Å². The lowest BCUT2D eigenvalue weighted by molar-refractivity contribution is -0.0727. The van der Waals surface area contributed by atoms with Gasteiger partial charge in [0.1, 0.15) is 12.4 Å². The highest BCUT2D eigenvalue weighted by Crippen LogP contribution is 2.14. The van der Waals surface area contributed by atoms with Gasteiger partial charge >= 0.3 is 0 Å². The van der Waals surface area contributed by atoms with E-state index in [4.69, 9.17) is 9.47 Å². The lowest BCUT2D eigenvalue weighted by Crippen LogP contribution is -2.32. The predicted molar refractivity (Wildman–Crippen MR) is 51.4 cm³/mol. The summed E-state index contributed by atoms with van der Waals surface area (Å²) in [6.07, 6.45) is 1.34. The second kappa shape index (κ2) is 3.92. The van der Waals surface area contributed by atoms with Crippen molar-refractivity contribution in [3.8, 4) is 5.88 Å². The summed E-state index contributed by atoms with van der Waals surface area (Å²) in [7, 11) is 0. The third kappa shape index (κ3) is 2.20. The van der Waals surface area contributed by atoms with Crippen LogP contribution in [0, 0.1) is 13.8 Å². The molecule has 1 atom stereocenters. The van der Waals surface area contributed by atoms with Gasteiger partial charge in [0.2, 0.25) is 5.88 Å². The number of nitrogens with zero attached hydrogens (tertiary/aromatic N) is 2. The van der Waals surface area contributed by atoms with Crippen LogP contribution in [0.5, 0.6) is 5.88 Å². The number of ether oxygens (including phenoxy) is 2. The van der Waals surface area contributed by atoms with E-state index < -0.39 is 0 Å². The number of hydrogen-bond acceptors (Lipinski definition) is 4. The van der Waals surface area contributed by atoms with Crippen LogP contribution in [0.4, 0.5) is 0 Å². The smallest absolute Gasteiger partial charge is 0.216 e. The maximum Gasteiger partial charge on any atom is 0.216 e. The lowest BCUT2D eigenvalue weighted by atomic mass is 10.2. The molecule has 2 rings (SSSR count). The van der Waals surface area contributed by atoms with E-state index in [0.29, 0.717) is 12.5 Å². The molecule has 4 heteroatoms. The standard InChI is InChI=1S/C10H14N2O2/c1-7-5-10(12-8(2)11-7)14-6-9-3-4-13-9/h5,9H,3-4,6H2,1-2H3. The van der Waals surface area contributed by atoms with Crippen molar-refractivity contribution < 1.29 is 9.47 Å². The topological polar surface area (TPSA) is 44.2 Å². The van der Waals surface area contributed by atoms with Crippen LogP contribution in [0.2, 0.25) is 0 Å². The second-order valence-electron chi connectivity index (χ2n) is 3.49. The van der Waals surface area contributed by atoms with Crippen LogP contribution in [-0.4, -0.2) is 29.3 Å². The molecule has 1 fully saturated rings. The van der Waals surface area contributed by atoms with E-state index in [1.165, 1.54) is 0 Å². The number of aryl methyl sites for hydroxylation is 2. The minimum Gasteiger partial charge on any atom is -0.475 e. The minimum atomic E-state index is 0.255. The van der Waals surface area contributed by atoms with E-state index in [9.17, 15) is 0 Å². The largest absolute Gasteiger partial charge is 0.475 e. The fourth-order valence-corrected chi connectivity index (χ4v) is 1.35. The van der Waals surface area contributed by atoms with Crippen molar-refractivity contribution in [2.24, 2.45) is 0 Å². The summed E-state index contributed by atoms with van der Waals surface area (Å²) in [6.45, 7) is 5.24. The Kier molecular flexibility index (Phi) is 2.63. The van der Waals surface area contributed by atoms with E-state index >= 15 is 0 Å². The molecule has 0 bridgehead atoms. The summed E-state index contributed by atoms with van der Waals surface area (Å²) < 4.78 is 10.7. The monoisotopic (exact) mass is 194 g/mol. The molecule has 0 aromatic carbocycles. The predicted octanol–water partition coefficient (Wildman–Crippen LogP) is 1.26. The van der Waals surface area contributed by atoms with Crippen molar-refractivity contribution in [3.63, 3.8) is 0 Å². The molecular weight excluding hydrogens is 180 g/mol. The first kappa shape index (κ1) is 9.40. The SMILES string of the molecule is Cc1cc(OCC2CCO2)nc(C)n1. The first-order chi connectivity index (χ1) is 6.74. The van der Waals surface area contributed by atoms with Gasteiger partial charge in [0.25, 0.3) is 0 Å². The molecule has 14 heavy (non-hydrogen) atoms. The highest BCUT2D eigenvalue weighted by Gasteiger charge is 2.18. The molecule has 1 unspecified atom stereocenters. The Morgan fingerprint density at radius 1 is 1.50 bits per heavy atom. The van der Waals surface area contributed by atoms with Crippen LogP contribution >= 0.6 is 0 Å². The zero-order valence-electron chi connectivity index (χ0n) is 8.49. The van der Waals surface area contributed by atoms with Crippen molar-refractivity contribution in [2.45, 2.75) is 26.4 Å². The summed E-state index contributed by atoms with van der Waals surface area (Å²) in [5.41, 5.74) is 0.932. The molecule has 1 saturated heterocycles. The third-order valence-electron chi connectivity index (χ3n) is 2.15. The number of hydrogen-bond donors (Lipinski definition) is 0. The van der Waals surface area contributed by atoms with E-state index in [0.717, 1.165) is 24.5 Å². The van der Waals surface area contributed by atoms with Gasteiger partial charge in [0.05, 0.1) is 6.10 Å². The van der Waals surface area contributed by atoms with Gasteiger partial charge in [-0.25, -0.2) is 4.98 Å². The quantitative estimate of drug-likeness (QED) is 0.726. The fourth-order valence-electron chi connectivity index (χ4n) is 1.35. The van der Waals surface area contributed by atoms with Crippen LogP contribution in [0.15, 0.2) is 6.07 Å². The van der Waals surface area contributed by atoms with Gasteiger partial charge in [0, 0.05) is 24.8 Å². The fraction of sp³-hybridized carbons (Fsp3) is 0.600. The lowest BCUT2D eigenvalue weighted by Gasteiger charge is -2.25. The average molecular weight is 194 g/mol. The molecule has 4 nitrogen and oxygen atoms in total. The highest BCUT2D eigenvalue weighted by atomic mass is 16.5. The Morgan fingerprint density at radius 2 is 2.29 bits per heavy atom. The van der Waals surface area contributed by atoms with Crippen molar-refractivity contribution in [1.82, 2.24) is 9.97 Å². The molecule has 0 N–H and O–H groups in total. The molecule has 0 radical (unpaired) electrons. The average Bonchev–Trinajstić information content (AvgIpc) is 1.99. The van der Waals surface area contributed by atoms with Crippen LogP contribution < -0.4 is 4.74 Å². The maximum absolute atomic E-state index is 5.50. The second-order valence-corrected chi connectivity index (χ2v) is 3.49. The van der Waals surface area contributed by atoms with Gasteiger partial charge in [-0.1, -0.05) is 0 Å². The van der Waals surface area contributed by atoms with Crippen LogP contribution in [0.1, 0.15) is 17.9 Å². The maximum atomic E-state index is 5.50.